The molecule has 2 atom stereocenters. The normalized spacial score (nSPS) is 19.2. The number of aliphatic hydroxyl groups is 1. The molecule has 2 unspecified atom stereocenters. The molecule has 24 heavy (non-hydrogen) atoms. The van der Waals surface area contributed by atoms with E-state index in [0.717, 1.165) is 10.4 Å². The van der Waals surface area contributed by atoms with E-state index in [1.165, 1.54) is 11.3 Å². The van der Waals surface area contributed by atoms with Crippen molar-refractivity contribution >= 4 is 22.9 Å². The van der Waals surface area contributed by atoms with E-state index in [2.05, 4.69) is 0 Å². The van der Waals surface area contributed by atoms with Crippen LogP contribution in [0, 0.1) is 6.92 Å². The Hall–Kier alpha value is -1.89. The van der Waals surface area contributed by atoms with Crippen LogP contribution in [0.5, 0.6) is 0 Å². The zero-order chi connectivity index (χ0) is 17.1. The second-order valence-electron chi connectivity index (χ2n) is 6.07. The van der Waals surface area contributed by atoms with Gasteiger partial charge >= 0.3 is 0 Å². The molecule has 5 nitrogen and oxygen atoms in total. The van der Waals surface area contributed by atoms with E-state index in [-0.39, 0.29) is 11.9 Å². The summed E-state index contributed by atoms with van der Waals surface area (Å²) in [7, 11) is 0. The van der Waals surface area contributed by atoms with Gasteiger partial charge in [-0.05, 0) is 42.1 Å². The number of carbonyl (C=O) groups excluding carboxylic acids is 1. The van der Waals surface area contributed by atoms with Crippen molar-refractivity contribution in [1.82, 2.24) is 4.90 Å². The first-order chi connectivity index (χ1) is 11.6. The second kappa shape index (κ2) is 7.34. The molecule has 1 fully saturated rings. The molecule has 1 aliphatic heterocycles. The summed E-state index contributed by atoms with van der Waals surface area (Å²) in [6, 6.07) is 9.03. The third kappa shape index (κ3) is 3.61. The molecule has 1 saturated heterocycles. The minimum atomic E-state index is -0.583. The smallest absolute Gasteiger partial charge is 0.254 e. The molecule has 1 aromatic heterocycles. The van der Waals surface area contributed by atoms with Crippen LogP contribution >= 0.6 is 11.3 Å². The quantitative estimate of drug-likeness (QED) is 0.835. The molecular formula is C18H22N2O3S. The van der Waals surface area contributed by atoms with Crippen molar-refractivity contribution in [1.29, 1.82) is 0 Å². The van der Waals surface area contributed by atoms with Crippen LogP contribution in [0.1, 0.15) is 33.3 Å². The summed E-state index contributed by atoms with van der Waals surface area (Å²) in [5.74, 6) is -0.0372. The summed E-state index contributed by atoms with van der Waals surface area (Å²) in [5.41, 5.74) is 8.03. The van der Waals surface area contributed by atoms with Gasteiger partial charge in [0, 0.05) is 29.1 Å². The highest BCUT2D eigenvalue weighted by Crippen LogP contribution is 2.27. The van der Waals surface area contributed by atoms with Gasteiger partial charge in [0.15, 0.2) is 0 Å². The number of thiophene rings is 1. The van der Waals surface area contributed by atoms with Gasteiger partial charge < -0.3 is 20.5 Å². The molecule has 2 heterocycles. The fraction of sp³-hybridized carbons (Fsp3) is 0.389. The number of amides is 1. The summed E-state index contributed by atoms with van der Waals surface area (Å²) in [6.07, 6.45) is -0.111. The van der Waals surface area contributed by atoms with Gasteiger partial charge in [-0.3, -0.25) is 4.79 Å². The number of carbonyl (C=O) groups is 1. The van der Waals surface area contributed by atoms with Crippen molar-refractivity contribution in [2.75, 3.05) is 25.5 Å². The van der Waals surface area contributed by atoms with Gasteiger partial charge in [0.25, 0.3) is 5.91 Å². The largest absolute Gasteiger partial charge is 0.399 e. The minimum Gasteiger partial charge on any atom is -0.399 e. The van der Waals surface area contributed by atoms with Crippen LogP contribution in [-0.4, -0.2) is 41.7 Å². The molecular weight excluding hydrogens is 324 g/mol. The highest BCUT2D eigenvalue weighted by Gasteiger charge is 2.30. The number of aliphatic hydroxyl groups excluding tert-OH is 1. The molecule has 6 heteroatoms. The lowest BCUT2D eigenvalue weighted by molar-refractivity contribution is -0.0170. The number of aryl methyl sites for hydroxylation is 1. The average molecular weight is 346 g/mol. The molecule has 2 aromatic rings. The van der Waals surface area contributed by atoms with E-state index in [1.54, 1.807) is 12.1 Å². The maximum atomic E-state index is 12.9. The Kier molecular flexibility index (Phi) is 5.18. The number of hydrogen-bond donors (Lipinski definition) is 2. The van der Waals surface area contributed by atoms with Crippen LogP contribution in [-0.2, 0) is 4.74 Å². The van der Waals surface area contributed by atoms with Crippen molar-refractivity contribution < 1.29 is 14.6 Å². The molecule has 3 rings (SSSR count). The fourth-order valence-electron chi connectivity index (χ4n) is 2.95. The van der Waals surface area contributed by atoms with Crippen molar-refractivity contribution in [2.45, 2.75) is 25.5 Å². The predicted octanol–water partition coefficient (Wildman–Crippen LogP) is 2.60. The summed E-state index contributed by atoms with van der Waals surface area (Å²) in [4.78, 5) is 15.6. The zero-order valence-electron chi connectivity index (χ0n) is 13.6. The van der Waals surface area contributed by atoms with E-state index in [4.69, 9.17) is 10.5 Å². The van der Waals surface area contributed by atoms with Crippen LogP contribution in [0.2, 0.25) is 0 Å². The summed E-state index contributed by atoms with van der Waals surface area (Å²) in [6.45, 7) is 3.39. The Morgan fingerprint density at radius 2 is 2.33 bits per heavy atom. The van der Waals surface area contributed by atoms with Crippen molar-refractivity contribution in [3.05, 3.63) is 51.7 Å². The maximum absolute atomic E-state index is 12.9. The van der Waals surface area contributed by atoms with Crippen LogP contribution in [0.3, 0.4) is 0 Å². The van der Waals surface area contributed by atoms with Crippen molar-refractivity contribution in [3.8, 4) is 0 Å². The standard InChI is InChI=1S/C18H22N2O3S/c1-12-9-13(4-5-15(12)19)18(22)20-6-7-23-11-14(20)10-16(21)17-3-2-8-24-17/h2-5,8-9,14,16,21H,6-7,10-11,19H2,1H3. The second-order valence-corrected chi connectivity index (χ2v) is 7.04. The molecule has 1 amide bonds. The zero-order valence-corrected chi connectivity index (χ0v) is 14.5. The number of anilines is 1. The Morgan fingerprint density at radius 3 is 3.04 bits per heavy atom. The molecule has 1 aromatic carbocycles. The number of rotatable bonds is 4. The molecule has 0 bridgehead atoms. The van der Waals surface area contributed by atoms with E-state index in [1.807, 2.05) is 35.4 Å². The third-order valence-corrected chi connectivity index (χ3v) is 5.35. The van der Waals surface area contributed by atoms with Gasteiger partial charge in [0.05, 0.1) is 25.4 Å². The van der Waals surface area contributed by atoms with Gasteiger partial charge in [-0.25, -0.2) is 0 Å². The van der Waals surface area contributed by atoms with E-state index in [0.29, 0.717) is 37.4 Å². The fourth-order valence-corrected chi connectivity index (χ4v) is 3.67. The molecule has 0 saturated carbocycles. The number of ether oxygens (including phenoxy) is 1. The van der Waals surface area contributed by atoms with E-state index in [9.17, 15) is 9.90 Å². The Labute approximate surface area is 145 Å². The summed E-state index contributed by atoms with van der Waals surface area (Å²) >= 11 is 1.52. The number of morpholine rings is 1. The van der Waals surface area contributed by atoms with Crippen LogP contribution < -0.4 is 5.73 Å². The lowest BCUT2D eigenvalue weighted by atomic mass is 10.0. The molecule has 128 valence electrons. The van der Waals surface area contributed by atoms with Gasteiger partial charge in [0.1, 0.15) is 0 Å². The first-order valence-corrected chi connectivity index (χ1v) is 8.90. The van der Waals surface area contributed by atoms with Gasteiger partial charge in [-0.15, -0.1) is 11.3 Å². The topological polar surface area (TPSA) is 75.8 Å². The predicted molar refractivity (Wildman–Crippen MR) is 95.1 cm³/mol. The third-order valence-electron chi connectivity index (χ3n) is 4.37. The Morgan fingerprint density at radius 1 is 1.50 bits per heavy atom. The maximum Gasteiger partial charge on any atom is 0.254 e. The first kappa shape index (κ1) is 17.0. The van der Waals surface area contributed by atoms with Crippen LogP contribution in [0.4, 0.5) is 5.69 Å². The lowest BCUT2D eigenvalue weighted by Gasteiger charge is -2.36. The van der Waals surface area contributed by atoms with E-state index >= 15 is 0 Å². The average Bonchev–Trinajstić information content (AvgIpc) is 3.12. The highest BCUT2D eigenvalue weighted by atomic mass is 32.1. The number of benzene rings is 1. The number of nitrogens with zero attached hydrogens (tertiary/aromatic N) is 1. The van der Waals surface area contributed by atoms with Gasteiger partial charge in [-0.1, -0.05) is 6.07 Å². The minimum absolute atomic E-state index is 0.0372. The molecule has 0 aliphatic carbocycles. The molecule has 1 aliphatic rings. The summed E-state index contributed by atoms with van der Waals surface area (Å²) < 4.78 is 5.54. The first-order valence-electron chi connectivity index (χ1n) is 8.02. The monoisotopic (exact) mass is 346 g/mol. The lowest BCUT2D eigenvalue weighted by Crippen LogP contribution is -2.49. The van der Waals surface area contributed by atoms with Crippen LogP contribution in [0.25, 0.3) is 0 Å². The Balaban J connectivity index is 1.76. The molecule has 0 spiro atoms. The molecule has 3 N–H and O–H groups in total. The van der Waals surface area contributed by atoms with Crippen LogP contribution in [0.15, 0.2) is 35.7 Å². The number of hydrogen-bond acceptors (Lipinski definition) is 5. The van der Waals surface area contributed by atoms with Gasteiger partial charge in [0.2, 0.25) is 0 Å². The van der Waals surface area contributed by atoms with Crippen molar-refractivity contribution in [3.63, 3.8) is 0 Å². The highest BCUT2D eigenvalue weighted by molar-refractivity contribution is 7.10. The molecule has 0 radical (unpaired) electrons. The summed E-state index contributed by atoms with van der Waals surface area (Å²) in [5, 5.41) is 12.4. The van der Waals surface area contributed by atoms with E-state index < -0.39 is 6.10 Å². The van der Waals surface area contributed by atoms with Crippen molar-refractivity contribution in [2.24, 2.45) is 0 Å². The van der Waals surface area contributed by atoms with Gasteiger partial charge in [-0.2, -0.15) is 0 Å². The SMILES string of the molecule is Cc1cc(C(=O)N2CCOCC2CC(O)c2cccs2)ccc1N. The Bertz CT molecular complexity index is 702. The number of nitrogen functional groups attached to an aromatic ring is 1. The number of nitrogens with two attached hydrogens (primary N) is 1.